The zero-order valence-electron chi connectivity index (χ0n) is 18.2. The van der Waals surface area contributed by atoms with Gasteiger partial charge in [0, 0.05) is 37.7 Å². The molecule has 9 nitrogen and oxygen atoms in total. The molecule has 168 valence electrons. The summed E-state index contributed by atoms with van der Waals surface area (Å²) in [5.74, 6) is 1.07. The number of hydrogen-bond acceptors (Lipinski definition) is 7. The molecule has 1 fully saturated rings. The van der Waals surface area contributed by atoms with Crippen molar-refractivity contribution in [2.24, 2.45) is 0 Å². The number of amides is 1. The molecule has 32 heavy (non-hydrogen) atoms. The summed E-state index contributed by atoms with van der Waals surface area (Å²) in [6.07, 6.45) is 4.16. The quantitative estimate of drug-likeness (QED) is 0.605. The highest BCUT2D eigenvalue weighted by atomic mass is 16.5. The molecule has 3 aromatic rings. The molecule has 0 spiro atoms. The molecule has 1 aliphatic heterocycles. The van der Waals surface area contributed by atoms with Crippen molar-refractivity contribution in [2.75, 3.05) is 26.8 Å². The Morgan fingerprint density at radius 2 is 2.22 bits per heavy atom. The number of aromatic amines is 1. The molecule has 1 amide bonds. The smallest absolute Gasteiger partial charge is 0.272 e. The second-order valence-corrected chi connectivity index (χ2v) is 8.26. The van der Waals surface area contributed by atoms with Gasteiger partial charge in [-0.15, -0.1) is 0 Å². The first-order chi connectivity index (χ1) is 15.7. The predicted octanol–water partition coefficient (Wildman–Crippen LogP) is 2.57. The average molecular weight is 438 g/mol. The third kappa shape index (κ3) is 4.18. The van der Waals surface area contributed by atoms with Crippen molar-refractivity contribution in [2.45, 2.75) is 44.8 Å². The van der Waals surface area contributed by atoms with Gasteiger partial charge >= 0.3 is 0 Å². The van der Waals surface area contributed by atoms with Crippen molar-refractivity contribution in [3.8, 4) is 11.3 Å². The Morgan fingerprint density at radius 1 is 1.31 bits per heavy atom. The number of piperidine rings is 1. The Bertz CT molecular complexity index is 1090. The molecule has 1 unspecified atom stereocenters. The number of fused-ring (bicyclic) bond motifs is 3. The lowest BCUT2D eigenvalue weighted by molar-refractivity contribution is 0.00228. The van der Waals surface area contributed by atoms with Crippen molar-refractivity contribution in [1.82, 2.24) is 25.2 Å². The summed E-state index contributed by atoms with van der Waals surface area (Å²) in [5, 5.41) is 11.5. The van der Waals surface area contributed by atoms with Crippen LogP contribution in [0.5, 0.6) is 0 Å². The highest BCUT2D eigenvalue weighted by Crippen LogP contribution is 2.34. The van der Waals surface area contributed by atoms with Crippen molar-refractivity contribution >= 4 is 5.91 Å². The van der Waals surface area contributed by atoms with E-state index in [-0.39, 0.29) is 12.0 Å². The molecule has 9 heteroatoms. The number of nitrogens with one attached hydrogen (secondary N) is 1. The maximum atomic E-state index is 13.3. The maximum absolute atomic E-state index is 13.3. The summed E-state index contributed by atoms with van der Waals surface area (Å²) in [6, 6.07) is 8.28. The van der Waals surface area contributed by atoms with Gasteiger partial charge in [0.05, 0.1) is 18.4 Å². The fourth-order valence-corrected chi connectivity index (χ4v) is 4.54. The van der Waals surface area contributed by atoms with Gasteiger partial charge in [0.15, 0.2) is 5.82 Å². The summed E-state index contributed by atoms with van der Waals surface area (Å²) in [4.78, 5) is 19.4. The molecule has 1 N–H and O–H groups in total. The minimum atomic E-state index is -0.00230. The summed E-state index contributed by atoms with van der Waals surface area (Å²) in [5.41, 5.74) is 4.97. The van der Waals surface area contributed by atoms with Crippen molar-refractivity contribution in [3.63, 3.8) is 0 Å². The van der Waals surface area contributed by atoms with Crippen LogP contribution in [-0.4, -0.2) is 64.1 Å². The van der Waals surface area contributed by atoms with Gasteiger partial charge in [-0.25, -0.2) is 0 Å². The first kappa shape index (κ1) is 20.8. The number of carbonyl (C=O) groups excluding carboxylic acids is 1. The second kappa shape index (κ2) is 9.22. The molecule has 0 radical (unpaired) electrons. The third-order valence-corrected chi connectivity index (χ3v) is 6.12. The summed E-state index contributed by atoms with van der Waals surface area (Å²) < 4.78 is 16.1. The molecule has 1 atom stereocenters. The van der Waals surface area contributed by atoms with Crippen molar-refractivity contribution < 1.29 is 18.8 Å². The van der Waals surface area contributed by atoms with E-state index in [2.05, 4.69) is 32.5 Å². The Labute approximate surface area is 186 Å². The van der Waals surface area contributed by atoms with Crippen LogP contribution in [0, 0.1) is 0 Å². The van der Waals surface area contributed by atoms with Crippen LogP contribution in [0.1, 0.15) is 46.2 Å². The Kier molecular flexibility index (Phi) is 6.00. The van der Waals surface area contributed by atoms with Crippen LogP contribution in [0.3, 0.4) is 0 Å². The Hall–Kier alpha value is -3.04. The molecule has 1 saturated heterocycles. The Balaban J connectivity index is 1.20. The first-order valence-electron chi connectivity index (χ1n) is 11.1. The van der Waals surface area contributed by atoms with Gasteiger partial charge < -0.3 is 18.9 Å². The second-order valence-electron chi connectivity index (χ2n) is 8.26. The fraction of sp³-hybridized carbons (Fsp3) is 0.478. The molecule has 2 aliphatic rings. The van der Waals surface area contributed by atoms with Gasteiger partial charge in [-0.1, -0.05) is 29.4 Å². The van der Waals surface area contributed by atoms with Crippen molar-refractivity contribution in [1.29, 1.82) is 0 Å². The maximum Gasteiger partial charge on any atom is 0.272 e. The van der Waals surface area contributed by atoms with Gasteiger partial charge in [-0.2, -0.15) is 10.1 Å². The highest BCUT2D eigenvalue weighted by molar-refractivity contribution is 5.96. The van der Waals surface area contributed by atoms with Crippen LogP contribution in [-0.2, 0) is 35.3 Å². The van der Waals surface area contributed by atoms with Crippen LogP contribution in [0.25, 0.3) is 11.3 Å². The summed E-state index contributed by atoms with van der Waals surface area (Å²) in [6.45, 7) is 2.09. The zero-order chi connectivity index (χ0) is 21.9. The number of aromatic nitrogens is 4. The van der Waals surface area contributed by atoms with E-state index in [0.717, 1.165) is 49.0 Å². The number of hydrogen-bond donors (Lipinski definition) is 1. The lowest BCUT2D eigenvalue weighted by atomic mass is 9.89. The van der Waals surface area contributed by atoms with Crippen LogP contribution < -0.4 is 0 Å². The fourth-order valence-electron chi connectivity index (χ4n) is 4.54. The van der Waals surface area contributed by atoms with Crippen LogP contribution in [0.4, 0.5) is 0 Å². The minimum absolute atomic E-state index is 0.00230. The van der Waals surface area contributed by atoms with Gasteiger partial charge in [0.25, 0.3) is 11.8 Å². The third-order valence-electron chi connectivity index (χ3n) is 6.12. The van der Waals surface area contributed by atoms with E-state index >= 15 is 0 Å². The van der Waals surface area contributed by atoms with Crippen LogP contribution in [0.2, 0.25) is 0 Å². The lowest BCUT2D eigenvalue weighted by Crippen LogP contribution is -2.43. The predicted molar refractivity (Wildman–Crippen MR) is 115 cm³/mol. The molecular formula is C23H27N5O4. The van der Waals surface area contributed by atoms with Gasteiger partial charge in [0.1, 0.15) is 12.3 Å². The highest BCUT2D eigenvalue weighted by Gasteiger charge is 2.30. The molecule has 0 bridgehead atoms. The van der Waals surface area contributed by atoms with Crippen molar-refractivity contribution in [3.05, 3.63) is 52.8 Å². The first-order valence-corrected chi connectivity index (χ1v) is 11.1. The molecule has 2 aromatic heterocycles. The van der Waals surface area contributed by atoms with Gasteiger partial charge in [-0.3, -0.25) is 9.89 Å². The van der Waals surface area contributed by atoms with E-state index < -0.39 is 0 Å². The van der Waals surface area contributed by atoms with E-state index in [1.165, 1.54) is 5.56 Å². The number of rotatable bonds is 7. The zero-order valence-corrected chi connectivity index (χ0v) is 18.2. The summed E-state index contributed by atoms with van der Waals surface area (Å²) >= 11 is 0. The number of carbonyl (C=O) groups is 1. The minimum Gasteiger partial charge on any atom is -0.376 e. The lowest BCUT2D eigenvalue weighted by Gasteiger charge is -2.32. The van der Waals surface area contributed by atoms with Gasteiger partial charge in [-0.05, 0) is 31.2 Å². The largest absolute Gasteiger partial charge is 0.376 e. The number of likely N-dealkylation sites (tertiary alicyclic amines) is 1. The molecule has 5 rings (SSSR count). The average Bonchev–Trinajstić information content (AvgIpc) is 3.46. The van der Waals surface area contributed by atoms with E-state index in [9.17, 15) is 4.79 Å². The molecule has 1 aliphatic carbocycles. The monoisotopic (exact) mass is 437 g/mol. The number of H-pyrrole nitrogens is 1. The van der Waals surface area contributed by atoms with Crippen LogP contribution in [0.15, 0.2) is 28.8 Å². The van der Waals surface area contributed by atoms with E-state index in [4.69, 9.17) is 14.0 Å². The number of nitrogens with zero attached hydrogens (tertiary/aromatic N) is 4. The standard InChI is InChI=1S/C23H27N5O4/c1-30-14-20-24-19(27-32-20)10-12-31-16-6-4-11-28(13-16)23(29)22-18-9-8-15-5-2-3-7-17(15)21(18)25-26-22/h2-3,5,7,16H,4,6,8-14H2,1H3,(H,25,26). The van der Waals surface area contributed by atoms with Gasteiger partial charge in [0.2, 0.25) is 0 Å². The number of aryl methyl sites for hydroxylation is 1. The van der Waals surface area contributed by atoms with E-state index in [0.29, 0.717) is 43.6 Å². The van der Waals surface area contributed by atoms with E-state index in [1.54, 1.807) is 7.11 Å². The number of ether oxygens (including phenoxy) is 2. The number of benzene rings is 1. The number of methoxy groups -OCH3 is 1. The molecule has 1 aromatic carbocycles. The normalized spacial score (nSPS) is 17.8. The topological polar surface area (TPSA) is 106 Å². The molecule has 0 saturated carbocycles. The SMILES string of the molecule is COCc1nc(CCOC2CCCN(C(=O)c3[nH]nc4c3CCc3ccccc3-4)C2)no1. The Morgan fingerprint density at radius 3 is 3.12 bits per heavy atom. The van der Waals surface area contributed by atoms with Crippen LogP contribution >= 0.6 is 0 Å². The molecular weight excluding hydrogens is 410 g/mol. The summed E-state index contributed by atoms with van der Waals surface area (Å²) in [7, 11) is 1.58. The molecule has 3 heterocycles. The van der Waals surface area contributed by atoms with E-state index in [1.807, 2.05) is 17.0 Å².